The van der Waals surface area contributed by atoms with Crippen LogP contribution in [0.2, 0.25) is 0 Å². The summed E-state index contributed by atoms with van der Waals surface area (Å²) in [5.74, 6) is 1.58. The maximum Gasteiger partial charge on any atom is 0.159 e. The van der Waals surface area contributed by atoms with Gasteiger partial charge in [-0.05, 0) is 55.0 Å². The van der Waals surface area contributed by atoms with Crippen molar-refractivity contribution in [1.29, 1.82) is 5.26 Å². The number of hydrogen-bond donors (Lipinski definition) is 0. The van der Waals surface area contributed by atoms with Crippen LogP contribution in [-0.2, 0) is 12.8 Å². The molecule has 0 bridgehead atoms. The third kappa shape index (κ3) is 4.91. The second kappa shape index (κ2) is 9.48. The minimum absolute atomic E-state index is 0.671. The number of aryl methyl sites for hydroxylation is 1. The van der Waals surface area contributed by atoms with Gasteiger partial charge in [-0.2, -0.15) is 5.26 Å². The van der Waals surface area contributed by atoms with Crippen LogP contribution >= 0.6 is 0 Å². The van der Waals surface area contributed by atoms with Crippen molar-refractivity contribution in [2.24, 2.45) is 5.92 Å². The Kier molecular flexibility index (Phi) is 6.77. The van der Waals surface area contributed by atoms with Gasteiger partial charge in [0.1, 0.15) is 0 Å². The van der Waals surface area contributed by atoms with Crippen LogP contribution < -0.4 is 0 Å². The molecule has 1 aromatic heterocycles. The van der Waals surface area contributed by atoms with E-state index < -0.39 is 0 Å². The van der Waals surface area contributed by atoms with Gasteiger partial charge in [0.15, 0.2) is 5.82 Å². The second-order valence-corrected chi connectivity index (χ2v) is 7.52. The third-order valence-electron chi connectivity index (χ3n) is 5.49. The fourth-order valence-electron chi connectivity index (χ4n) is 3.88. The summed E-state index contributed by atoms with van der Waals surface area (Å²) < 4.78 is 0. The molecule has 1 unspecified atom stereocenters. The molecule has 3 heteroatoms. The van der Waals surface area contributed by atoms with Gasteiger partial charge in [-0.1, -0.05) is 51.9 Å². The average Bonchev–Trinajstić information content (AvgIpc) is 2.70. The van der Waals surface area contributed by atoms with Gasteiger partial charge in [-0.3, -0.25) is 0 Å². The number of aromatic nitrogens is 2. The van der Waals surface area contributed by atoms with E-state index in [4.69, 9.17) is 10.2 Å². The van der Waals surface area contributed by atoms with Crippen LogP contribution in [0, 0.1) is 17.2 Å². The largest absolute Gasteiger partial charge is 0.236 e. The zero-order valence-corrected chi connectivity index (χ0v) is 15.9. The minimum atomic E-state index is 0.671. The van der Waals surface area contributed by atoms with Crippen molar-refractivity contribution in [3.8, 4) is 17.5 Å². The third-order valence-corrected chi connectivity index (χ3v) is 5.49. The fraction of sp³-hybridized carbons (Fsp3) is 0.522. The molecule has 0 radical (unpaired) electrons. The molecule has 1 aliphatic carbocycles. The van der Waals surface area contributed by atoms with Crippen LogP contribution in [0.15, 0.2) is 30.5 Å². The Balaban J connectivity index is 1.54. The molecule has 136 valence electrons. The summed E-state index contributed by atoms with van der Waals surface area (Å²) in [5.41, 5.74) is 4.22. The highest BCUT2D eigenvalue weighted by atomic mass is 14.9. The molecular weight excluding hydrogens is 318 g/mol. The summed E-state index contributed by atoms with van der Waals surface area (Å²) >= 11 is 0. The van der Waals surface area contributed by atoms with E-state index in [9.17, 15) is 0 Å². The van der Waals surface area contributed by atoms with E-state index in [0.29, 0.717) is 5.56 Å². The molecular formula is C23H29N3. The summed E-state index contributed by atoms with van der Waals surface area (Å²) in [6.45, 7) is 2.27. The lowest BCUT2D eigenvalue weighted by molar-refractivity contribution is 0.400. The van der Waals surface area contributed by atoms with E-state index >= 15 is 0 Å². The van der Waals surface area contributed by atoms with E-state index in [1.54, 1.807) is 0 Å². The summed E-state index contributed by atoms with van der Waals surface area (Å²) in [4.78, 5) is 9.40. The van der Waals surface area contributed by atoms with Gasteiger partial charge in [-0.25, -0.2) is 9.97 Å². The molecule has 0 saturated heterocycles. The fourth-order valence-corrected chi connectivity index (χ4v) is 3.88. The summed E-state index contributed by atoms with van der Waals surface area (Å²) in [6, 6.07) is 9.68. The van der Waals surface area contributed by atoms with Gasteiger partial charge in [0.2, 0.25) is 0 Å². The van der Waals surface area contributed by atoms with E-state index in [1.807, 2.05) is 30.5 Å². The molecule has 1 aromatic carbocycles. The van der Waals surface area contributed by atoms with Crippen molar-refractivity contribution < 1.29 is 0 Å². The van der Waals surface area contributed by atoms with Crippen LogP contribution in [0.4, 0.5) is 0 Å². The minimum Gasteiger partial charge on any atom is -0.236 e. The summed E-state index contributed by atoms with van der Waals surface area (Å²) in [6.07, 6.45) is 15.1. The molecule has 0 fully saturated rings. The number of rotatable bonds is 8. The molecule has 1 aliphatic rings. The number of nitrogens with zero attached hydrogens (tertiary/aromatic N) is 3. The summed E-state index contributed by atoms with van der Waals surface area (Å²) in [7, 11) is 0. The zero-order chi connectivity index (χ0) is 18.2. The van der Waals surface area contributed by atoms with E-state index in [-0.39, 0.29) is 0 Å². The molecule has 2 aromatic rings. The van der Waals surface area contributed by atoms with Crippen molar-refractivity contribution in [3.63, 3.8) is 0 Å². The molecule has 0 aliphatic heterocycles. The van der Waals surface area contributed by atoms with Crippen LogP contribution in [0.5, 0.6) is 0 Å². The Hall–Kier alpha value is -2.21. The first-order chi connectivity index (χ1) is 12.8. The Bertz CT molecular complexity index is 743. The number of nitriles is 1. The monoisotopic (exact) mass is 347 g/mol. The first-order valence-electron chi connectivity index (χ1n) is 10.2. The molecule has 0 amide bonds. The van der Waals surface area contributed by atoms with Gasteiger partial charge in [0.25, 0.3) is 0 Å². The highest BCUT2D eigenvalue weighted by Gasteiger charge is 2.20. The Morgan fingerprint density at radius 2 is 1.85 bits per heavy atom. The van der Waals surface area contributed by atoms with E-state index in [0.717, 1.165) is 30.1 Å². The molecule has 1 atom stereocenters. The van der Waals surface area contributed by atoms with Crippen LogP contribution in [0.1, 0.15) is 75.1 Å². The number of hydrogen-bond acceptors (Lipinski definition) is 3. The first-order valence-corrected chi connectivity index (χ1v) is 10.2. The van der Waals surface area contributed by atoms with Gasteiger partial charge in [-0.15, -0.1) is 0 Å². The maximum absolute atomic E-state index is 8.92. The van der Waals surface area contributed by atoms with Crippen LogP contribution in [0.3, 0.4) is 0 Å². The smallest absolute Gasteiger partial charge is 0.159 e. The molecule has 0 spiro atoms. The normalized spacial score (nSPS) is 16.1. The Labute approximate surface area is 157 Å². The lowest BCUT2D eigenvalue weighted by Crippen LogP contribution is -2.16. The standard InChI is InChI=1S/C23H29N3/c1-2-3-4-5-6-7-8-18-11-14-22-21(15-18)17-25-23(26-22)20-12-9-19(16-24)10-13-20/h9-10,12-13,17-18H,2-8,11,14-15H2,1H3. The highest BCUT2D eigenvalue weighted by molar-refractivity contribution is 5.56. The van der Waals surface area contributed by atoms with Gasteiger partial charge in [0, 0.05) is 17.5 Å². The SMILES string of the molecule is CCCCCCCCC1CCc2nc(-c3ccc(C#N)cc3)ncc2C1. The Morgan fingerprint density at radius 1 is 1.08 bits per heavy atom. The van der Waals surface area contributed by atoms with Gasteiger partial charge in [0.05, 0.1) is 11.6 Å². The van der Waals surface area contributed by atoms with E-state index in [1.165, 1.54) is 62.6 Å². The molecule has 0 N–H and O–H groups in total. The first kappa shape index (κ1) is 18.6. The highest BCUT2D eigenvalue weighted by Crippen LogP contribution is 2.29. The lowest BCUT2D eigenvalue weighted by atomic mass is 9.84. The summed E-state index contributed by atoms with van der Waals surface area (Å²) in [5, 5.41) is 8.92. The van der Waals surface area contributed by atoms with Crippen LogP contribution in [0.25, 0.3) is 11.4 Å². The second-order valence-electron chi connectivity index (χ2n) is 7.52. The number of fused-ring (bicyclic) bond motifs is 1. The number of benzene rings is 1. The predicted octanol–water partition coefficient (Wildman–Crippen LogP) is 5.87. The van der Waals surface area contributed by atoms with Crippen molar-refractivity contribution in [1.82, 2.24) is 9.97 Å². The van der Waals surface area contributed by atoms with Crippen molar-refractivity contribution >= 4 is 0 Å². The quantitative estimate of drug-likeness (QED) is 0.561. The van der Waals surface area contributed by atoms with Crippen molar-refractivity contribution in [2.45, 2.75) is 71.1 Å². The van der Waals surface area contributed by atoms with Gasteiger partial charge >= 0.3 is 0 Å². The molecule has 1 heterocycles. The topological polar surface area (TPSA) is 49.6 Å². The molecule has 3 rings (SSSR count). The van der Waals surface area contributed by atoms with Gasteiger partial charge < -0.3 is 0 Å². The zero-order valence-electron chi connectivity index (χ0n) is 15.9. The van der Waals surface area contributed by atoms with Crippen LogP contribution in [-0.4, -0.2) is 9.97 Å². The molecule has 26 heavy (non-hydrogen) atoms. The number of unbranched alkanes of at least 4 members (excludes halogenated alkanes) is 5. The predicted molar refractivity (Wildman–Crippen MR) is 106 cm³/mol. The lowest BCUT2D eigenvalue weighted by Gasteiger charge is -2.24. The van der Waals surface area contributed by atoms with Crippen molar-refractivity contribution in [3.05, 3.63) is 47.3 Å². The molecule has 0 saturated carbocycles. The van der Waals surface area contributed by atoms with Crippen molar-refractivity contribution in [2.75, 3.05) is 0 Å². The van der Waals surface area contributed by atoms with E-state index in [2.05, 4.69) is 18.0 Å². The maximum atomic E-state index is 8.92. The Morgan fingerprint density at radius 3 is 2.62 bits per heavy atom. The molecule has 3 nitrogen and oxygen atoms in total. The average molecular weight is 348 g/mol.